The molecule has 0 bridgehead atoms. The number of aromatic nitrogens is 3. The fraction of sp³-hybridized carbons (Fsp3) is 0.111. The quantitative estimate of drug-likeness (QED) is 0.774. The van der Waals surface area contributed by atoms with E-state index in [1.54, 1.807) is 38.4 Å². The zero-order chi connectivity index (χ0) is 18.8. The monoisotopic (exact) mass is 354 g/mol. The van der Waals surface area contributed by atoms with Crippen molar-refractivity contribution in [3.63, 3.8) is 0 Å². The van der Waals surface area contributed by atoms with Gasteiger partial charge in [-0.2, -0.15) is 9.97 Å². The Morgan fingerprint density at radius 2 is 2.00 bits per heavy atom. The van der Waals surface area contributed by atoms with Crippen LogP contribution in [0.2, 0.25) is 0 Å². The van der Waals surface area contributed by atoms with Gasteiger partial charge in [-0.1, -0.05) is 12.1 Å². The third kappa shape index (κ3) is 3.44. The molecule has 2 aromatic heterocycles. The molecule has 0 atom stereocenters. The molecule has 2 N–H and O–H groups in total. The van der Waals surface area contributed by atoms with E-state index in [0.29, 0.717) is 16.8 Å². The number of aryl methyl sites for hydroxylation is 2. The summed E-state index contributed by atoms with van der Waals surface area (Å²) < 4.78 is 20.8. The van der Waals surface area contributed by atoms with Gasteiger partial charge in [-0.25, -0.2) is 4.39 Å². The van der Waals surface area contributed by atoms with Crippen LogP contribution in [-0.4, -0.2) is 20.4 Å². The molecule has 0 unspecified atom stereocenters. The van der Waals surface area contributed by atoms with Gasteiger partial charge in [-0.3, -0.25) is 9.59 Å². The Hall–Kier alpha value is -3.55. The topological polar surface area (TPSA) is 100 Å². The van der Waals surface area contributed by atoms with Crippen molar-refractivity contribution in [3.8, 4) is 23.0 Å². The number of amides is 1. The maximum absolute atomic E-state index is 14.0. The van der Waals surface area contributed by atoms with Crippen molar-refractivity contribution in [3.05, 3.63) is 70.0 Å². The number of benzene rings is 1. The lowest BCUT2D eigenvalue weighted by Gasteiger charge is -2.10. The molecular weight excluding hydrogens is 339 g/mol. The number of para-hydroxylation sites is 1. The summed E-state index contributed by atoms with van der Waals surface area (Å²) in [5.41, 5.74) is 6.44. The molecule has 0 radical (unpaired) electrons. The number of halogens is 1. The Labute approximate surface area is 147 Å². The van der Waals surface area contributed by atoms with Gasteiger partial charge in [-0.05, 0) is 30.7 Å². The highest BCUT2D eigenvalue weighted by molar-refractivity contribution is 5.91. The number of hydrogen-bond donors (Lipinski definition) is 1. The van der Waals surface area contributed by atoms with Crippen LogP contribution >= 0.6 is 0 Å². The van der Waals surface area contributed by atoms with Crippen LogP contribution < -0.4 is 16.0 Å². The van der Waals surface area contributed by atoms with Crippen molar-refractivity contribution in [2.45, 2.75) is 6.92 Å². The maximum atomic E-state index is 14.0. The number of primary amides is 1. The summed E-state index contributed by atoms with van der Waals surface area (Å²) in [6.07, 6.45) is 1.55. The fourth-order valence-electron chi connectivity index (χ4n) is 2.33. The number of carbonyl (C=O) groups excluding carboxylic acids is 1. The van der Waals surface area contributed by atoms with E-state index < -0.39 is 11.7 Å². The molecule has 7 nitrogen and oxygen atoms in total. The number of ether oxygens (including phenoxy) is 1. The number of hydrogen-bond acceptors (Lipinski definition) is 5. The number of rotatable bonds is 4. The van der Waals surface area contributed by atoms with Crippen LogP contribution in [0.5, 0.6) is 11.8 Å². The highest BCUT2D eigenvalue weighted by atomic mass is 19.1. The van der Waals surface area contributed by atoms with Gasteiger partial charge in [0.05, 0.1) is 5.69 Å². The second kappa shape index (κ2) is 6.75. The van der Waals surface area contributed by atoms with Gasteiger partial charge in [0.1, 0.15) is 5.69 Å². The van der Waals surface area contributed by atoms with E-state index in [1.165, 1.54) is 22.8 Å². The van der Waals surface area contributed by atoms with Gasteiger partial charge in [0.2, 0.25) is 5.56 Å². The molecule has 3 rings (SSSR count). The average molecular weight is 354 g/mol. The Kier molecular flexibility index (Phi) is 4.49. The third-order valence-electron chi connectivity index (χ3n) is 3.70. The lowest BCUT2D eigenvalue weighted by atomic mass is 10.2. The Balaban J connectivity index is 2.11. The summed E-state index contributed by atoms with van der Waals surface area (Å²) in [4.78, 5) is 31.3. The first kappa shape index (κ1) is 17.3. The fourth-order valence-corrected chi connectivity index (χ4v) is 2.33. The first-order valence-corrected chi connectivity index (χ1v) is 7.64. The van der Waals surface area contributed by atoms with Crippen LogP contribution in [0, 0.1) is 12.7 Å². The van der Waals surface area contributed by atoms with E-state index in [-0.39, 0.29) is 23.0 Å². The average Bonchev–Trinajstić information content (AvgIpc) is 2.60. The highest BCUT2D eigenvalue weighted by Crippen LogP contribution is 2.27. The van der Waals surface area contributed by atoms with Crippen LogP contribution in [-0.2, 0) is 7.05 Å². The first-order chi connectivity index (χ1) is 12.3. The van der Waals surface area contributed by atoms with Crippen molar-refractivity contribution < 1.29 is 13.9 Å². The first-order valence-electron chi connectivity index (χ1n) is 7.64. The molecule has 8 heteroatoms. The minimum atomic E-state index is -0.784. The van der Waals surface area contributed by atoms with E-state index in [2.05, 4.69) is 9.97 Å². The molecule has 3 aromatic rings. The predicted octanol–water partition coefficient (Wildman–Crippen LogP) is 2.18. The van der Waals surface area contributed by atoms with Crippen LogP contribution in [0.1, 0.15) is 16.1 Å². The van der Waals surface area contributed by atoms with Crippen LogP contribution in [0.4, 0.5) is 4.39 Å². The summed E-state index contributed by atoms with van der Waals surface area (Å²) in [6.45, 7) is 1.67. The van der Waals surface area contributed by atoms with Crippen molar-refractivity contribution in [1.29, 1.82) is 0 Å². The molecule has 0 aliphatic rings. The molecule has 0 spiro atoms. The van der Waals surface area contributed by atoms with Crippen LogP contribution in [0.3, 0.4) is 0 Å². The lowest BCUT2D eigenvalue weighted by molar-refractivity contribution is 0.0994. The van der Waals surface area contributed by atoms with Crippen molar-refractivity contribution in [2.75, 3.05) is 0 Å². The molecule has 1 amide bonds. The third-order valence-corrected chi connectivity index (χ3v) is 3.70. The minimum Gasteiger partial charge on any atom is -0.421 e. The smallest absolute Gasteiger partial charge is 0.323 e. The van der Waals surface area contributed by atoms with Gasteiger partial charge >= 0.3 is 6.01 Å². The van der Waals surface area contributed by atoms with Gasteiger partial charge in [0, 0.05) is 24.9 Å². The predicted molar refractivity (Wildman–Crippen MR) is 92.4 cm³/mol. The molecule has 0 fully saturated rings. The van der Waals surface area contributed by atoms with Crippen LogP contribution in [0.15, 0.2) is 47.4 Å². The molecule has 0 saturated heterocycles. The van der Waals surface area contributed by atoms with E-state index in [4.69, 9.17) is 10.5 Å². The van der Waals surface area contributed by atoms with Crippen molar-refractivity contribution >= 4 is 5.91 Å². The SMILES string of the molecule is Cc1cccc(F)c1Oc1nc(C(N)=O)cc(-c2ccc(=O)n(C)c2)n1. The molecule has 2 heterocycles. The summed E-state index contributed by atoms with van der Waals surface area (Å²) >= 11 is 0. The normalized spacial score (nSPS) is 10.6. The van der Waals surface area contributed by atoms with Gasteiger partial charge in [-0.15, -0.1) is 0 Å². The van der Waals surface area contributed by atoms with Crippen LogP contribution in [0.25, 0.3) is 11.3 Å². The zero-order valence-electron chi connectivity index (χ0n) is 14.1. The number of nitrogens with zero attached hydrogens (tertiary/aromatic N) is 3. The highest BCUT2D eigenvalue weighted by Gasteiger charge is 2.15. The Morgan fingerprint density at radius 3 is 2.65 bits per heavy atom. The van der Waals surface area contributed by atoms with Crippen molar-refractivity contribution in [2.24, 2.45) is 12.8 Å². The van der Waals surface area contributed by atoms with Gasteiger partial charge < -0.3 is 15.0 Å². The molecule has 26 heavy (non-hydrogen) atoms. The molecule has 0 saturated carbocycles. The number of pyridine rings is 1. The summed E-state index contributed by atoms with van der Waals surface area (Å²) in [5, 5.41) is 0. The summed E-state index contributed by atoms with van der Waals surface area (Å²) in [5.74, 6) is -1.41. The number of nitrogens with two attached hydrogens (primary N) is 1. The van der Waals surface area contributed by atoms with E-state index in [9.17, 15) is 14.0 Å². The molecule has 1 aromatic carbocycles. The standard InChI is InChI=1S/C18H15FN4O3/c1-10-4-3-5-12(19)16(10)26-18-21-13(8-14(22-18)17(20)25)11-6-7-15(24)23(2)9-11/h3-9H,1-2H3,(H2,20,25). The second-order valence-electron chi connectivity index (χ2n) is 5.64. The van der Waals surface area contributed by atoms with E-state index in [0.717, 1.165) is 0 Å². The summed E-state index contributed by atoms with van der Waals surface area (Å²) in [7, 11) is 1.59. The molecule has 0 aliphatic heterocycles. The second-order valence-corrected chi connectivity index (χ2v) is 5.64. The Bertz CT molecular complexity index is 1040. The lowest BCUT2D eigenvalue weighted by Crippen LogP contribution is -2.16. The van der Waals surface area contributed by atoms with E-state index in [1.807, 2.05) is 0 Å². The maximum Gasteiger partial charge on any atom is 0.323 e. The van der Waals surface area contributed by atoms with Gasteiger partial charge in [0.25, 0.3) is 5.91 Å². The molecule has 0 aliphatic carbocycles. The molecular formula is C18H15FN4O3. The van der Waals surface area contributed by atoms with E-state index >= 15 is 0 Å². The Morgan fingerprint density at radius 1 is 1.23 bits per heavy atom. The zero-order valence-corrected chi connectivity index (χ0v) is 14.1. The van der Waals surface area contributed by atoms with Crippen molar-refractivity contribution in [1.82, 2.24) is 14.5 Å². The largest absolute Gasteiger partial charge is 0.421 e. The summed E-state index contributed by atoms with van der Waals surface area (Å²) in [6, 6.07) is 8.53. The molecule has 132 valence electrons. The minimum absolute atomic E-state index is 0.0412. The van der Waals surface area contributed by atoms with Gasteiger partial charge in [0.15, 0.2) is 11.6 Å². The number of carbonyl (C=O) groups is 1.